The summed E-state index contributed by atoms with van der Waals surface area (Å²) in [4.78, 5) is 11.8. The van der Waals surface area contributed by atoms with E-state index >= 15 is 0 Å². The van der Waals surface area contributed by atoms with Crippen LogP contribution in [-0.4, -0.2) is 19.0 Å². The van der Waals surface area contributed by atoms with E-state index in [4.69, 9.17) is 11.6 Å². The van der Waals surface area contributed by atoms with Gasteiger partial charge in [-0.1, -0.05) is 23.3 Å². The number of halogens is 4. The molecule has 0 atom stereocenters. The molecule has 1 amide bonds. The summed E-state index contributed by atoms with van der Waals surface area (Å²) in [5.41, 5.74) is 0.516. The van der Waals surface area contributed by atoms with Crippen molar-refractivity contribution in [1.82, 2.24) is 5.32 Å². The second-order valence-corrected chi connectivity index (χ2v) is 6.18. The van der Waals surface area contributed by atoms with Crippen molar-refractivity contribution < 1.29 is 18.0 Å². The number of alkyl halides is 3. The van der Waals surface area contributed by atoms with Crippen molar-refractivity contribution in [1.29, 1.82) is 0 Å². The van der Waals surface area contributed by atoms with Gasteiger partial charge in [0.2, 0.25) is 5.91 Å². The highest BCUT2D eigenvalue weighted by Crippen LogP contribution is 2.33. The molecule has 0 fully saturated rings. The van der Waals surface area contributed by atoms with E-state index in [2.05, 4.69) is 16.7 Å². The van der Waals surface area contributed by atoms with Gasteiger partial charge in [0, 0.05) is 0 Å². The molecule has 0 saturated heterocycles. The number of carbonyl (C=O) groups excluding carboxylic acids is 1. The predicted octanol–water partition coefficient (Wildman–Crippen LogP) is 4.78. The fourth-order valence-electron chi connectivity index (χ4n) is 2.57. The molecule has 0 heterocycles. The van der Waals surface area contributed by atoms with Gasteiger partial charge in [0.05, 0.1) is 22.8 Å². The number of benzene rings is 1. The Hall–Kier alpha value is -1.53. The zero-order valence-electron chi connectivity index (χ0n) is 13.2. The number of hydrogen-bond acceptors (Lipinski definition) is 2. The van der Waals surface area contributed by atoms with E-state index in [1.54, 1.807) is 0 Å². The molecule has 2 rings (SSSR count). The molecule has 24 heavy (non-hydrogen) atoms. The van der Waals surface area contributed by atoms with Crippen LogP contribution in [0.15, 0.2) is 29.8 Å². The Kier molecular flexibility index (Phi) is 6.69. The number of nitrogens with one attached hydrogen (secondary N) is 2. The lowest BCUT2D eigenvalue weighted by Gasteiger charge is -2.13. The molecular formula is C17H20ClF3N2O. The van der Waals surface area contributed by atoms with Crippen molar-refractivity contribution >= 4 is 23.2 Å². The van der Waals surface area contributed by atoms with Gasteiger partial charge >= 0.3 is 6.18 Å². The summed E-state index contributed by atoms with van der Waals surface area (Å²) in [5, 5.41) is 5.48. The van der Waals surface area contributed by atoms with Gasteiger partial charge in [-0.15, -0.1) is 0 Å². The van der Waals surface area contributed by atoms with Crippen LogP contribution in [0, 0.1) is 0 Å². The molecule has 0 aliphatic heterocycles. The first-order valence-electron chi connectivity index (χ1n) is 7.91. The maximum absolute atomic E-state index is 12.7. The lowest BCUT2D eigenvalue weighted by Crippen LogP contribution is -2.29. The maximum Gasteiger partial charge on any atom is 0.416 e. The van der Waals surface area contributed by atoms with Crippen LogP contribution in [0.25, 0.3) is 0 Å². The minimum Gasteiger partial charge on any atom is -0.324 e. The maximum atomic E-state index is 12.7. The van der Waals surface area contributed by atoms with E-state index < -0.39 is 17.6 Å². The van der Waals surface area contributed by atoms with E-state index in [1.165, 1.54) is 18.4 Å². The third-order valence-electron chi connectivity index (χ3n) is 3.86. The molecule has 2 N–H and O–H groups in total. The first-order valence-corrected chi connectivity index (χ1v) is 8.29. The second kappa shape index (κ2) is 8.53. The zero-order chi connectivity index (χ0) is 17.6. The Labute approximate surface area is 144 Å². The topological polar surface area (TPSA) is 41.1 Å². The molecule has 0 aromatic heterocycles. The normalized spacial score (nSPS) is 15.1. The zero-order valence-corrected chi connectivity index (χ0v) is 13.9. The van der Waals surface area contributed by atoms with Gasteiger partial charge < -0.3 is 10.6 Å². The summed E-state index contributed by atoms with van der Waals surface area (Å²) in [5.74, 6) is -0.422. The fourth-order valence-corrected chi connectivity index (χ4v) is 2.74. The molecule has 0 unspecified atom stereocenters. The second-order valence-electron chi connectivity index (χ2n) is 5.78. The van der Waals surface area contributed by atoms with Crippen LogP contribution in [-0.2, 0) is 11.0 Å². The molecule has 1 aromatic rings. The SMILES string of the molecule is O=C(CNCCC1=CCCCC1)Nc1cc(C(F)(F)F)ccc1Cl. The fraction of sp³-hybridized carbons (Fsp3) is 0.471. The molecule has 1 aromatic carbocycles. The number of anilines is 1. The van der Waals surface area contributed by atoms with E-state index in [-0.39, 0.29) is 17.3 Å². The first kappa shape index (κ1) is 18.8. The minimum atomic E-state index is -4.48. The summed E-state index contributed by atoms with van der Waals surface area (Å²) < 4.78 is 38.1. The molecule has 1 aliphatic carbocycles. The average Bonchev–Trinajstić information content (AvgIpc) is 2.53. The molecule has 1 aliphatic rings. The quantitative estimate of drug-likeness (QED) is 0.566. The highest BCUT2D eigenvalue weighted by atomic mass is 35.5. The highest BCUT2D eigenvalue weighted by molar-refractivity contribution is 6.33. The van der Waals surface area contributed by atoms with E-state index in [0.717, 1.165) is 37.5 Å². The third kappa shape index (κ3) is 5.83. The van der Waals surface area contributed by atoms with Crippen molar-refractivity contribution in [3.63, 3.8) is 0 Å². The Bertz CT molecular complexity index is 614. The van der Waals surface area contributed by atoms with Crippen LogP contribution in [0.2, 0.25) is 5.02 Å². The molecular weight excluding hydrogens is 341 g/mol. The summed E-state index contributed by atoms with van der Waals surface area (Å²) in [7, 11) is 0. The van der Waals surface area contributed by atoms with Gasteiger partial charge in [-0.05, 0) is 56.8 Å². The third-order valence-corrected chi connectivity index (χ3v) is 4.19. The van der Waals surface area contributed by atoms with Crippen molar-refractivity contribution in [2.45, 2.75) is 38.3 Å². The smallest absolute Gasteiger partial charge is 0.324 e. The van der Waals surface area contributed by atoms with Gasteiger partial charge in [-0.25, -0.2) is 0 Å². The Morgan fingerprint density at radius 1 is 1.25 bits per heavy atom. The average molecular weight is 361 g/mol. The predicted molar refractivity (Wildman–Crippen MR) is 89.1 cm³/mol. The lowest BCUT2D eigenvalue weighted by molar-refractivity contribution is -0.137. The Morgan fingerprint density at radius 2 is 2.04 bits per heavy atom. The summed E-state index contributed by atoms with van der Waals surface area (Å²) in [6, 6.07) is 2.85. The Morgan fingerprint density at radius 3 is 2.71 bits per heavy atom. The molecule has 0 saturated carbocycles. The molecule has 0 bridgehead atoms. The monoisotopic (exact) mass is 360 g/mol. The van der Waals surface area contributed by atoms with Gasteiger partial charge in [-0.3, -0.25) is 4.79 Å². The van der Waals surface area contributed by atoms with E-state index in [9.17, 15) is 18.0 Å². The summed E-state index contributed by atoms with van der Waals surface area (Å²) in [6.45, 7) is 0.690. The molecule has 0 radical (unpaired) electrons. The number of carbonyl (C=O) groups is 1. The number of amides is 1. The van der Waals surface area contributed by atoms with Crippen LogP contribution in [0.4, 0.5) is 18.9 Å². The first-order chi connectivity index (χ1) is 11.4. The van der Waals surface area contributed by atoms with Gasteiger partial charge in [0.25, 0.3) is 0 Å². The summed E-state index contributed by atoms with van der Waals surface area (Å²) >= 11 is 5.84. The number of rotatable bonds is 6. The number of hydrogen-bond donors (Lipinski definition) is 2. The summed E-state index contributed by atoms with van der Waals surface area (Å²) in [6.07, 6.45) is 3.32. The molecule has 3 nitrogen and oxygen atoms in total. The standard InChI is InChI=1S/C17H20ClF3N2O/c18-14-7-6-13(17(19,20)21)10-15(14)23-16(24)11-22-9-8-12-4-2-1-3-5-12/h4,6-7,10,22H,1-3,5,8-9,11H2,(H,23,24). The van der Waals surface area contributed by atoms with Crippen LogP contribution < -0.4 is 10.6 Å². The minimum absolute atomic E-state index is 0.0276. The van der Waals surface area contributed by atoms with Crippen LogP contribution in [0.3, 0.4) is 0 Å². The lowest BCUT2D eigenvalue weighted by atomic mass is 9.97. The molecule has 132 valence electrons. The largest absolute Gasteiger partial charge is 0.416 e. The Balaban J connectivity index is 1.80. The van der Waals surface area contributed by atoms with Crippen LogP contribution >= 0.6 is 11.6 Å². The van der Waals surface area contributed by atoms with E-state index in [1.807, 2.05) is 0 Å². The van der Waals surface area contributed by atoms with Crippen molar-refractivity contribution in [3.8, 4) is 0 Å². The van der Waals surface area contributed by atoms with Crippen molar-refractivity contribution in [2.75, 3.05) is 18.4 Å². The molecule has 7 heteroatoms. The number of allylic oxidation sites excluding steroid dienone is 1. The van der Waals surface area contributed by atoms with Crippen molar-refractivity contribution in [2.24, 2.45) is 0 Å². The van der Waals surface area contributed by atoms with Gasteiger partial charge in [0.15, 0.2) is 0 Å². The van der Waals surface area contributed by atoms with Crippen LogP contribution in [0.5, 0.6) is 0 Å². The van der Waals surface area contributed by atoms with Crippen molar-refractivity contribution in [3.05, 3.63) is 40.4 Å². The van der Waals surface area contributed by atoms with Crippen LogP contribution in [0.1, 0.15) is 37.7 Å². The highest BCUT2D eigenvalue weighted by Gasteiger charge is 2.31. The van der Waals surface area contributed by atoms with E-state index in [0.29, 0.717) is 6.54 Å². The molecule has 0 spiro atoms. The van der Waals surface area contributed by atoms with Gasteiger partial charge in [-0.2, -0.15) is 13.2 Å². The van der Waals surface area contributed by atoms with Gasteiger partial charge in [0.1, 0.15) is 0 Å².